The highest BCUT2D eigenvalue weighted by atomic mass is 32.1. The smallest absolute Gasteiger partial charge is 0.360 e. The lowest BCUT2D eigenvalue weighted by atomic mass is 10.3. The third-order valence-corrected chi connectivity index (χ3v) is 1.94. The van der Waals surface area contributed by atoms with Gasteiger partial charge in [0.05, 0.1) is 5.01 Å². The quantitative estimate of drug-likeness (QED) is 0.405. The molecule has 1 rings (SSSR count). The average molecular weight is 186 g/mol. The van der Waals surface area contributed by atoms with Crippen molar-refractivity contribution in [1.29, 1.82) is 0 Å². The van der Waals surface area contributed by atoms with E-state index in [-0.39, 0.29) is 5.69 Å². The Bertz CT molecular complexity index is 331. The second-order valence-electron chi connectivity index (χ2n) is 2.01. The van der Waals surface area contributed by atoms with Gasteiger partial charge in [0.25, 0.3) is 0 Å². The molecule has 0 radical (unpaired) electrons. The Morgan fingerprint density at radius 1 is 1.75 bits per heavy atom. The molecule has 1 aromatic heterocycles. The SMILES string of the molecule is Cc1nc(/C(=N/O)C(=O)O)cs1. The van der Waals surface area contributed by atoms with Gasteiger partial charge in [-0.05, 0) is 6.92 Å². The van der Waals surface area contributed by atoms with Gasteiger partial charge in [-0.3, -0.25) is 0 Å². The highest BCUT2D eigenvalue weighted by molar-refractivity contribution is 7.09. The Labute approximate surface area is 72.0 Å². The van der Waals surface area contributed by atoms with Crippen LogP contribution in [0.5, 0.6) is 0 Å². The highest BCUT2D eigenvalue weighted by Crippen LogP contribution is 2.08. The number of rotatable bonds is 2. The van der Waals surface area contributed by atoms with Crippen LogP contribution in [0.4, 0.5) is 0 Å². The molecule has 0 atom stereocenters. The molecule has 2 N–H and O–H groups in total. The van der Waals surface area contributed by atoms with Gasteiger partial charge in [0.2, 0.25) is 5.71 Å². The second kappa shape index (κ2) is 3.31. The lowest BCUT2D eigenvalue weighted by Crippen LogP contribution is -2.14. The van der Waals surface area contributed by atoms with Crippen molar-refractivity contribution in [1.82, 2.24) is 4.98 Å². The molecule has 0 aromatic carbocycles. The van der Waals surface area contributed by atoms with Crippen LogP contribution >= 0.6 is 11.3 Å². The summed E-state index contributed by atoms with van der Waals surface area (Å²) in [6.07, 6.45) is 0. The monoisotopic (exact) mass is 186 g/mol. The number of aryl methyl sites for hydroxylation is 1. The summed E-state index contributed by atoms with van der Waals surface area (Å²) in [5, 5.41) is 21.7. The summed E-state index contributed by atoms with van der Waals surface area (Å²) in [4.78, 5) is 14.3. The number of carboxylic acids is 1. The van der Waals surface area contributed by atoms with Crippen LogP contribution < -0.4 is 0 Å². The predicted octanol–water partition coefficient (Wildman–Crippen LogP) is 0.714. The summed E-state index contributed by atoms with van der Waals surface area (Å²) < 4.78 is 0. The van der Waals surface area contributed by atoms with E-state index in [1.165, 1.54) is 16.7 Å². The number of hydrogen-bond donors (Lipinski definition) is 2. The molecule has 0 aliphatic heterocycles. The number of aromatic nitrogens is 1. The van der Waals surface area contributed by atoms with Crippen molar-refractivity contribution in [3.8, 4) is 0 Å². The number of thiazole rings is 1. The largest absolute Gasteiger partial charge is 0.476 e. The molecule has 0 bridgehead atoms. The molecule has 0 saturated heterocycles. The van der Waals surface area contributed by atoms with Crippen LogP contribution in [0.25, 0.3) is 0 Å². The molecule has 5 nitrogen and oxygen atoms in total. The number of oxime groups is 1. The van der Waals surface area contributed by atoms with Gasteiger partial charge in [-0.1, -0.05) is 5.16 Å². The minimum absolute atomic E-state index is 0.188. The van der Waals surface area contributed by atoms with Gasteiger partial charge in [0.15, 0.2) is 0 Å². The minimum atomic E-state index is -1.29. The minimum Gasteiger partial charge on any atom is -0.476 e. The summed E-state index contributed by atoms with van der Waals surface area (Å²) in [6.45, 7) is 1.74. The van der Waals surface area contributed by atoms with Crippen LogP contribution in [0.3, 0.4) is 0 Å². The van der Waals surface area contributed by atoms with Crippen LogP contribution in [0.1, 0.15) is 10.7 Å². The fraction of sp³-hybridized carbons (Fsp3) is 0.167. The molecular weight excluding hydrogens is 180 g/mol. The van der Waals surface area contributed by atoms with Gasteiger partial charge in [0, 0.05) is 5.38 Å². The molecule has 12 heavy (non-hydrogen) atoms. The van der Waals surface area contributed by atoms with Crippen molar-refractivity contribution >= 4 is 23.0 Å². The Hall–Kier alpha value is -1.43. The molecule has 6 heteroatoms. The summed E-state index contributed by atoms with van der Waals surface area (Å²) in [6, 6.07) is 0. The third-order valence-electron chi connectivity index (χ3n) is 1.16. The zero-order valence-electron chi connectivity index (χ0n) is 6.18. The van der Waals surface area contributed by atoms with Gasteiger partial charge in [-0.25, -0.2) is 9.78 Å². The molecule has 64 valence electrons. The fourth-order valence-corrected chi connectivity index (χ4v) is 1.27. The maximum Gasteiger partial charge on any atom is 0.360 e. The van der Waals surface area contributed by atoms with E-state index in [9.17, 15) is 4.79 Å². The lowest BCUT2D eigenvalue weighted by Gasteiger charge is -1.90. The van der Waals surface area contributed by atoms with Gasteiger partial charge >= 0.3 is 5.97 Å². The molecule has 0 aliphatic rings. The summed E-state index contributed by atoms with van der Waals surface area (Å²) in [5.41, 5.74) is -0.244. The van der Waals surface area contributed by atoms with Crippen molar-refractivity contribution in [3.05, 3.63) is 16.1 Å². The first-order valence-electron chi connectivity index (χ1n) is 3.03. The highest BCUT2D eigenvalue weighted by Gasteiger charge is 2.15. The zero-order valence-corrected chi connectivity index (χ0v) is 7.00. The molecule has 1 heterocycles. The molecule has 0 aliphatic carbocycles. The van der Waals surface area contributed by atoms with Crippen molar-refractivity contribution in [3.63, 3.8) is 0 Å². The van der Waals surface area contributed by atoms with E-state index < -0.39 is 11.7 Å². The molecule has 0 amide bonds. The lowest BCUT2D eigenvalue weighted by molar-refractivity contribution is -0.129. The normalized spacial score (nSPS) is 11.6. The zero-order chi connectivity index (χ0) is 9.14. The van der Waals surface area contributed by atoms with Crippen molar-refractivity contribution in [2.24, 2.45) is 5.16 Å². The summed E-state index contributed by atoms with van der Waals surface area (Å²) in [5.74, 6) is -1.29. The molecule has 0 fully saturated rings. The molecule has 0 saturated carbocycles. The first-order valence-corrected chi connectivity index (χ1v) is 3.91. The third kappa shape index (κ3) is 1.59. The molecular formula is C6H6N2O3S. The molecule has 0 unspecified atom stereocenters. The first kappa shape index (κ1) is 8.66. The van der Waals surface area contributed by atoms with Gasteiger partial charge < -0.3 is 10.3 Å². The van der Waals surface area contributed by atoms with Gasteiger partial charge in [-0.15, -0.1) is 11.3 Å². The Morgan fingerprint density at radius 2 is 2.42 bits per heavy atom. The fourth-order valence-electron chi connectivity index (χ4n) is 0.676. The Kier molecular flexibility index (Phi) is 2.39. The van der Waals surface area contributed by atoms with Crippen LogP contribution in [0, 0.1) is 6.92 Å². The van der Waals surface area contributed by atoms with E-state index in [1.54, 1.807) is 6.92 Å². The van der Waals surface area contributed by atoms with E-state index in [2.05, 4.69) is 10.1 Å². The first-order chi connectivity index (χ1) is 5.65. The van der Waals surface area contributed by atoms with E-state index in [1.807, 2.05) is 0 Å². The molecule has 1 aromatic rings. The second-order valence-corrected chi connectivity index (χ2v) is 3.07. The number of carboxylic acid groups (broad SMARTS) is 1. The maximum absolute atomic E-state index is 10.4. The average Bonchev–Trinajstić information content (AvgIpc) is 2.37. The van der Waals surface area contributed by atoms with Crippen LogP contribution in [-0.2, 0) is 4.79 Å². The van der Waals surface area contributed by atoms with E-state index in [0.717, 1.165) is 5.01 Å². The van der Waals surface area contributed by atoms with Gasteiger partial charge in [0.1, 0.15) is 5.69 Å². The van der Waals surface area contributed by atoms with E-state index in [0.29, 0.717) is 0 Å². The Balaban J connectivity index is 3.04. The van der Waals surface area contributed by atoms with Crippen LogP contribution in [0.2, 0.25) is 0 Å². The van der Waals surface area contributed by atoms with Crippen molar-refractivity contribution < 1.29 is 15.1 Å². The maximum atomic E-state index is 10.4. The summed E-state index contributed by atoms with van der Waals surface area (Å²) in [7, 11) is 0. The van der Waals surface area contributed by atoms with Crippen LogP contribution in [0.15, 0.2) is 10.5 Å². The van der Waals surface area contributed by atoms with E-state index >= 15 is 0 Å². The predicted molar refractivity (Wildman–Crippen MR) is 42.8 cm³/mol. The Morgan fingerprint density at radius 3 is 2.75 bits per heavy atom. The number of carbonyl (C=O) groups is 1. The summed E-state index contributed by atoms with van der Waals surface area (Å²) >= 11 is 1.30. The topological polar surface area (TPSA) is 82.8 Å². The number of aliphatic carboxylic acids is 1. The van der Waals surface area contributed by atoms with E-state index in [4.69, 9.17) is 10.3 Å². The molecule has 0 spiro atoms. The van der Waals surface area contributed by atoms with Crippen LogP contribution in [-0.4, -0.2) is 27.0 Å². The standard InChI is InChI=1S/C6H6N2O3S/c1-3-7-4(2-12-3)5(8-11)6(9)10/h2,11H,1H3,(H,9,10)/b8-5-. The number of nitrogens with zero attached hydrogens (tertiary/aromatic N) is 2. The van der Waals surface area contributed by atoms with Gasteiger partial charge in [-0.2, -0.15) is 0 Å². The number of hydrogen-bond acceptors (Lipinski definition) is 5. The van der Waals surface area contributed by atoms with Crippen molar-refractivity contribution in [2.45, 2.75) is 6.92 Å². The van der Waals surface area contributed by atoms with Crippen molar-refractivity contribution in [2.75, 3.05) is 0 Å².